The van der Waals surface area contributed by atoms with Gasteiger partial charge in [-0.15, -0.1) is 0 Å². The highest BCUT2D eigenvalue weighted by Crippen LogP contribution is 2.10. The molecular formula is C16H20O4. The van der Waals surface area contributed by atoms with E-state index < -0.39 is 11.6 Å². The van der Waals surface area contributed by atoms with E-state index in [2.05, 4.69) is 0 Å². The van der Waals surface area contributed by atoms with Crippen LogP contribution in [0.3, 0.4) is 0 Å². The summed E-state index contributed by atoms with van der Waals surface area (Å²) in [5.74, 6) is -0.748. The molecule has 0 saturated carbocycles. The lowest BCUT2D eigenvalue weighted by atomic mass is 10.1. The van der Waals surface area contributed by atoms with Crippen molar-refractivity contribution >= 4 is 18.0 Å². The number of carbonyl (C=O) groups excluding carboxylic acids is 2. The number of rotatable bonds is 4. The third kappa shape index (κ3) is 5.69. The van der Waals surface area contributed by atoms with Gasteiger partial charge in [0.1, 0.15) is 5.60 Å². The molecule has 4 heteroatoms. The third-order valence-corrected chi connectivity index (χ3v) is 2.24. The number of ether oxygens (including phenoxy) is 2. The Bertz CT molecular complexity index is 492. The van der Waals surface area contributed by atoms with Gasteiger partial charge in [0.05, 0.1) is 12.2 Å². The second kappa shape index (κ2) is 6.89. The summed E-state index contributed by atoms with van der Waals surface area (Å²) < 4.78 is 10.0. The Morgan fingerprint density at radius 1 is 1.15 bits per heavy atom. The quantitative estimate of drug-likeness (QED) is 0.626. The predicted molar refractivity (Wildman–Crippen MR) is 77.3 cm³/mol. The Hall–Kier alpha value is -2.10. The summed E-state index contributed by atoms with van der Waals surface area (Å²) >= 11 is 0. The van der Waals surface area contributed by atoms with E-state index >= 15 is 0 Å². The standard InChI is InChI=1S/C16H20O4/c1-5-19-15(18)13-9-6-12(7-10-13)8-11-14(17)20-16(2,3)4/h6-11H,5H2,1-4H3. The lowest BCUT2D eigenvalue weighted by Crippen LogP contribution is -2.22. The van der Waals surface area contributed by atoms with Crippen molar-refractivity contribution in [3.8, 4) is 0 Å². The second-order valence-corrected chi connectivity index (χ2v) is 5.21. The molecule has 0 aliphatic heterocycles. The van der Waals surface area contributed by atoms with Gasteiger partial charge in [0.15, 0.2) is 0 Å². The first-order valence-electron chi connectivity index (χ1n) is 6.50. The maximum absolute atomic E-state index is 11.5. The molecule has 0 radical (unpaired) electrons. The second-order valence-electron chi connectivity index (χ2n) is 5.21. The van der Waals surface area contributed by atoms with E-state index in [1.807, 2.05) is 20.8 Å². The summed E-state index contributed by atoms with van der Waals surface area (Å²) in [5.41, 5.74) is 0.792. The molecule has 0 bridgehead atoms. The fourth-order valence-corrected chi connectivity index (χ4v) is 1.44. The minimum absolute atomic E-state index is 0.346. The van der Waals surface area contributed by atoms with E-state index in [-0.39, 0.29) is 5.97 Å². The first-order valence-corrected chi connectivity index (χ1v) is 6.50. The highest BCUT2D eigenvalue weighted by molar-refractivity contribution is 5.90. The van der Waals surface area contributed by atoms with Crippen LogP contribution in [-0.4, -0.2) is 24.1 Å². The molecule has 1 aromatic rings. The summed E-state index contributed by atoms with van der Waals surface area (Å²) in [6.07, 6.45) is 3.01. The van der Waals surface area contributed by atoms with Gasteiger partial charge >= 0.3 is 11.9 Å². The number of esters is 2. The molecule has 0 heterocycles. The van der Waals surface area contributed by atoms with Crippen molar-refractivity contribution in [2.24, 2.45) is 0 Å². The van der Waals surface area contributed by atoms with Crippen LogP contribution in [0.25, 0.3) is 6.08 Å². The van der Waals surface area contributed by atoms with Crippen LogP contribution in [0.5, 0.6) is 0 Å². The molecule has 4 nitrogen and oxygen atoms in total. The van der Waals surface area contributed by atoms with Crippen molar-refractivity contribution in [2.45, 2.75) is 33.3 Å². The van der Waals surface area contributed by atoms with Crippen LogP contribution in [-0.2, 0) is 14.3 Å². The summed E-state index contributed by atoms with van der Waals surface area (Å²) in [4.78, 5) is 23.0. The molecule has 0 fully saturated rings. The Morgan fingerprint density at radius 2 is 1.75 bits per heavy atom. The summed E-state index contributed by atoms with van der Waals surface area (Å²) in [6.45, 7) is 7.54. The van der Waals surface area contributed by atoms with Crippen molar-refractivity contribution in [2.75, 3.05) is 6.61 Å². The molecule has 0 aliphatic rings. The normalized spacial score (nSPS) is 11.4. The third-order valence-electron chi connectivity index (χ3n) is 2.24. The average molecular weight is 276 g/mol. The molecule has 0 aliphatic carbocycles. The Morgan fingerprint density at radius 3 is 2.25 bits per heavy atom. The van der Waals surface area contributed by atoms with Gasteiger partial charge in [-0.1, -0.05) is 12.1 Å². The molecule has 0 N–H and O–H groups in total. The summed E-state index contributed by atoms with van der Waals surface area (Å²) in [7, 11) is 0. The molecule has 0 aromatic heterocycles. The summed E-state index contributed by atoms with van der Waals surface area (Å²) in [6, 6.07) is 6.81. The maximum Gasteiger partial charge on any atom is 0.338 e. The first-order chi connectivity index (χ1) is 9.31. The Kier molecular flexibility index (Phi) is 5.50. The van der Waals surface area contributed by atoms with E-state index in [1.165, 1.54) is 6.08 Å². The Labute approximate surface area is 119 Å². The summed E-state index contributed by atoms with van der Waals surface area (Å²) in [5, 5.41) is 0. The molecule has 20 heavy (non-hydrogen) atoms. The van der Waals surface area contributed by atoms with E-state index in [4.69, 9.17) is 9.47 Å². The Balaban J connectivity index is 2.66. The van der Waals surface area contributed by atoms with Gasteiger partial charge in [-0.3, -0.25) is 0 Å². The average Bonchev–Trinajstić information content (AvgIpc) is 2.35. The molecule has 108 valence electrons. The van der Waals surface area contributed by atoms with Crippen LogP contribution >= 0.6 is 0 Å². The number of hydrogen-bond acceptors (Lipinski definition) is 4. The lowest BCUT2D eigenvalue weighted by molar-refractivity contribution is -0.148. The minimum Gasteiger partial charge on any atom is -0.462 e. The van der Waals surface area contributed by atoms with Gasteiger partial charge in [-0.25, -0.2) is 9.59 Å². The highest BCUT2D eigenvalue weighted by Gasteiger charge is 2.13. The van der Waals surface area contributed by atoms with Crippen LogP contribution < -0.4 is 0 Å². The van der Waals surface area contributed by atoms with E-state index in [0.29, 0.717) is 12.2 Å². The molecule has 0 spiro atoms. The van der Waals surface area contributed by atoms with Gasteiger partial charge in [-0.05, 0) is 51.5 Å². The zero-order valence-corrected chi connectivity index (χ0v) is 12.3. The molecule has 0 amide bonds. The fourth-order valence-electron chi connectivity index (χ4n) is 1.44. The monoisotopic (exact) mass is 276 g/mol. The smallest absolute Gasteiger partial charge is 0.338 e. The van der Waals surface area contributed by atoms with Crippen molar-refractivity contribution < 1.29 is 19.1 Å². The predicted octanol–water partition coefficient (Wildman–Crippen LogP) is 3.22. The van der Waals surface area contributed by atoms with Crippen LogP contribution in [0.4, 0.5) is 0 Å². The van der Waals surface area contributed by atoms with E-state index in [0.717, 1.165) is 5.56 Å². The molecule has 0 saturated heterocycles. The van der Waals surface area contributed by atoms with Crippen LogP contribution in [0.1, 0.15) is 43.6 Å². The van der Waals surface area contributed by atoms with Crippen molar-refractivity contribution in [3.05, 3.63) is 41.5 Å². The van der Waals surface area contributed by atoms with E-state index in [1.54, 1.807) is 37.3 Å². The van der Waals surface area contributed by atoms with E-state index in [9.17, 15) is 9.59 Å². The zero-order valence-electron chi connectivity index (χ0n) is 12.3. The van der Waals surface area contributed by atoms with Gasteiger partial charge in [0.25, 0.3) is 0 Å². The van der Waals surface area contributed by atoms with Gasteiger partial charge in [0, 0.05) is 6.08 Å². The molecule has 0 unspecified atom stereocenters. The number of carbonyl (C=O) groups is 2. The van der Waals surface area contributed by atoms with Gasteiger partial charge < -0.3 is 9.47 Å². The molecule has 0 atom stereocenters. The van der Waals surface area contributed by atoms with Crippen molar-refractivity contribution in [1.29, 1.82) is 0 Å². The van der Waals surface area contributed by atoms with Gasteiger partial charge in [0.2, 0.25) is 0 Å². The highest BCUT2D eigenvalue weighted by atomic mass is 16.6. The first kappa shape index (κ1) is 16.0. The lowest BCUT2D eigenvalue weighted by Gasteiger charge is -2.17. The minimum atomic E-state index is -0.505. The number of hydrogen-bond donors (Lipinski definition) is 0. The fraction of sp³-hybridized carbons (Fsp3) is 0.375. The van der Waals surface area contributed by atoms with Gasteiger partial charge in [-0.2, -0.15) is 0 Å². The molecule has 1 rings (SSSR count). The molecule has 1 aromatic carbocycles. The van der Waals surface area contributed by atoms with Crippen molar-refractivity contribution in [3.63, 3.8) is 0 Å². The van der Waals surface area contributed by atoms with Crippen LogP contribution in [0.15, 0.2) is 30.3 Å². The van der Waals surface area contributed by atoms with Crippen LogP contribution in [0.2, 0.25) is 0 Å². The SMILES string of the molecule is CCOC(=O)c1ccc(C=CC(=O)OC(C)(C)C)cc1. The largest absolute Gasteiger partial charge is 0.462 e. The topological polar surface area (TPSA) is 52.6 Å². The van der Waals surface area contributed by atoms with Crippen molar-refractivity contribution in [1.82, 2.24) is 0 Å². The molecular weight excluding hydrogens is 256 g/mol. The maximum atomic E-state index is 11.5. The zero-order chi connectivity index (χ0) is 15.2. The number of benzene rings is 1. The van der Waals surface area contributed by atoms with Crippen LogP contribution in [0, 0.1) is 0 Å².